The van der Waals surface area contributed by atoms with E-state index in [-0.39, 0.29) is 49.4 Å². The van der Waals surface area contributed by atoms with Gasteiger partial charge in [-0.2, -0.15) is 0 Å². The molecule has 1 aliphatic heterocycles. The highest BCUT2D eigenvalue weighted by atomic mass is 16.7. The molecule has 9 nitrogen and oxygen atoms in total. The summed E-state index contributed by atoms with van der Waals surface area (Å²) in [6.07, 6.45) is -1.44. The third kappa shape index (κ3) is 5.57. The number of ketones is 1. The summed E-state index contributed by atoms with van der Waals surface area (Å²) < 4.78 is 16.0. The number of carbonyl (C=O) groups excluding carboxylic acids is 1. The van der Waals surface area contributed by atoms with Crippen molar-refractivity contribution in [2.45, 2.75) is 44.2 Å². The van der Waals surface area contributed by atoms with Crippen molar-refractivity contribution in [3.05, 3.63) is 41.5 Å². The van der Waals surface area contributed by atoms with Crippen molar-refractivity contribution in [1.29, 1.82) is 0 Å². The number of hydrogen-bond donors (Lipinski definition) is 5. The number of methoxy groups -OCH3 is 1. The third-order valence-electron chi connectivity index (χ3n) is 5.05. The molecule has 2 aromatic rings. The first-order valence-electron chi connectivity index (χ1n) is 9.86. The van der Waals surface area contributed by atoms with E-state index in [2.05, 4.69) is 0 Å². The van der Waals surface area contributed by atoms with Crippen molar-refractivity contribution in [3.8, 4) is 28.7 Å². The zero-order chi connectivity index (χ0) is 22.5. The van der Waals surface area contributed by atoms with Crippen molar-refractivity contribution >= 4 is 5.78 Å². The number of Topliss-reactive ketones (excluding diaryl/α,β-unsaturated/α-hetero) is 1. The van der Waals surface area contributed by atoms with Crippen LogP contribution in [0.4, 0.5) is 0 Å². The van der Waals surface area contributed by atoms with Gasteiger partial charge in [-0.15, -0.1) is 0 Å². The summed E-state index contributed by atoms with van der Waals surface area (Å²) in [5.41, 5.74) is 0.458. The van der Waals surface area contributed by atoms with E-state index in [0.717, 1.165) is 0 Å². The van der Waals surface area contributed by atoms with Gasteiger partial charge < -0.3 is 39.7 Å². The Kier molecular flexibility index (Phi) is 7.21. The van der Waals surface area contributed by atoms with E-state index in [1.165, 1.54) is 25.3 Å². The highest BCUT2D eigenvalue weighted by Crippen LogP contribution is 2.35. The van der Waals surface area contributed by atoms with Crippen LogP contribution < -0.4 is 9.47 Å². The molecule has 0 spiro atoms. The molecule has 3 unspecified atom stereocenters. The van der Waals surface area contributed by atoms with E-state index in [4.69, 9.17) is 14.2 Å². The maximum absolute atomic E-state index is 12.6. The number of phenols is 3. The van der Waals surface area contributed by atoms with Crippen molar-refractivity contribution in [2.24, 2.45) is 0 Å². The predicted octanol–water partition coefficient (Wildman–Crippen LogP) is 1.86. The van der Waals surface area contributed by atoms with Gasteiger partial charge in [-0.25, -0.2) is 0 Å². The Labute approximate surface area is 179 Å². The third-order valence-corrected chi connectivity index (χ3v) is 5.05. The van der Waals surface area contributed by atoms with Crippen LogP contribution in [0, 0.1) is 0 Å². The number of aliphatic hydroxyl groups is 2. The van der Waals surface area contributed by atoms with Crippen LogP contribution >= 0.6 is 0 Å². The zero-order valence-electron chi connectivity index (χ0n) is 17.0. The summed E-state index contributed by atoms with van der Waals surface area (Å²) in [7, 11) is 1.44. The van der Waals surface area contributed by atoms with E-state index >= 15 is 0 Å². The fourth-order valence-corrected chi connectivity index (χ4v) is 3.51. The lowest BCUT2D eigenvalue weighted by Crippen LogP contribution is -2.40. The molecular formula is C22H26O9. The van der Waals surface area contributed by atoms with E-state index in [0.29, 0.717) is 11.3 Å². The van der Waals surface area contributed by atoms with Crippen molar-refractivity contribution in [2.75, 3.05) is 13.7 Å². The number of rotatable bonds is 8. The Morgan fingerprint density at radius 1 is 1.10 bits per heavy atom. The lowest BCUT2D eigenvalue weighted by Gasteiger charge is -2.32. The lowest BCUT2D eigenvalue weighted by atomic mass is 10.0. The average Bonchev–Trinajstić information content (AvgIpc) is 2.71. The Morgan fingerprint density at radius 2 is 1.81 bits per heavy atom. The Balaban J connectivity index is 1.66. The standard InChI is InChI=1S/C22H26O9/c1-29-20-5-3-12(6-17(20)26)2-4-16(25)22-18(27)9-14(10-19(22)28)30-21-8-13(24)7-15(11-23)31-21/h3,5-6,9-10,13,15,21,23-24,26-28H,2,4,7-8,11H2,1H3. The first-order valence-corrected chi connectivity index (χ1v) is 9.86. The van der Waals surface area contributed by atoms with Crippen LogP contribution in [0.3, 0.4) is 0 Å². The molecule has 1 fully saturated rings. The van der Waals surface area contributed by atoms with Crippen LogP contribution in [0.2, 0.25) is 0 Å². The molecule has 0 aromatic heterocycles. The number of phenolic OH excluding ortho intramolecular Hbond substituents is 3. The molecule has 3 rings (SSSR count). The van der Waals surface area contributed by atoms with Gasteiger partial charge in [-0.05, 0) is 24.1 Å². The number of aryl methyl sites for hydroxylation is 1. The molecule has 5 N–H and O–H groups in total. The maximum atomic E-state index is 12.6. The number of benzene rings is 2. The summed E-state index contributed by atoms with van der Waals surface area (Å²) in [6.45, 7) is -0.271. The van der Waals surface area contributed by atoms with Crippen LogP contribution in [-0.2, 0) is 11.2 Å². The largest absolute Gasteiger partial charge is 0.507 e. The number of ether oxygens (including phenoxy) is 3. The van der Waals surface area contributed by atoms with Gasteiger partial charge >= 0.3 is 0 Å². The highest BCUT2D eigenvalue weighted by Gasteiger charge is 2.30. The topological polar surface area (TPSA) is 146 Å². The van der Waals surface area contributed by atoms with Gasteiger partial charge in [0.25, 0.3) is 0 Å². The summed E-state index contributed by atoms with van der Waals surface area (Å²) in [4.78, 5) is 12.6. The SMILES string of the molecule is COc1ccc(CCC(=O)c2c(O)cc(OC3CC(O)CC(CO)O3)cc2O)cc1O. The Morgan fingerprint density at radius 3 is 2.42 bits per heavy atom. The summed E-state index contributed by atoms with van der Waals surface area (Å²) in [5, 5.41) is 49.5. The van der Waals surface area contributed by atoms with Crippen LogP contribution in [0.5, 0.6) is 28.7 Å². The van der Waals surface area contributed by atoms with Gasteiger partial charge in [-0.3, -0.25) is 4.79 Å². The van der Waals surface area contributed by atoms with Crippen LogP contribution in [-0.4, -0.2) is 63.5 Å². The Bertz CT molecular complexity index is 904. The molecule has 0 aliphatic carbocycles. The van der Waals surface area contributed by atoms with Crippen LogP contribution in [0.1, 0.15) is 35.2 Å². The average molecular weight is 434 g/mol. The van der Waals surface area contributed by atoms with Gasteiger partial charge in [0.2, 0.25) is 6.29 Å². The Hall–Kier alpha value is -3.01. The smallest absolute Gasteiger partial charge is 0.202 e. The normalized spacial score (nSPS) is 20.9. The second-order valence-electron chi connectivity index (χ2n) is 7.38. The molecule has 1 heterocycles. The van der Waals surface area contributed by atoms with Crippen molar-refractivity contribution in [3.63, 3.8) is 0 Å². The zero-order valence-corrected chi connectivity index (χ0v) is 17.0. The first kappa shape index (κ1) is 22.7. The summed E-state index contributed by atoms with van der Waals surface area (Å²) in [6, 6.07) is 7.15. The fourth-order valence-electron chi connectivity index (χ4n) is 3.51. The molecule has 168 valence electrons. The number of aromatic hydroxyl groups is 3. The van der Waals surface area contributed by atoms with Gasteiger partial charge in [0.05, 0.1) is 25.9 Å². The van der Waals surface area contributed by atoms with E-state index in [9.17, 15) is 30.3 Å². The number of hydrogen-bond acceptors (Lipinski definition) is 9. The molecule has 2 aromatic carbocycles. The molecule has 0 radical (unpaired) electrons. The minimum absolute atomic E-state index is 0.0107. The molecule has 1 saturated heterocycles. The molecule has 3 atom stereocenters. The predicted molar refractivity (Wildman–Crippen MR) is 109 cm³/mol. The number of aliphatic hydroxyl groups excluding tert-OH is 2. The quantitative estimate of drug-likeness (QED) is 0.393. The van der Waals surface area contributed by atoms with Gasteiger partial charge in [0.15, 0.2) is 17.3 Å². The molecule has 0 amide bonds. The molecule has 31 heavy (non-hydrogen) atoms. The molecular weight excluding hydrogens is 408 g/mol. The first-order chi connectivity index (χ1) is 14.8. The molecule has 1 aliphatic rings. The van der Waals surface area contributed by atoms with E-state index < -0.39 is 35.8 Å². The maximum Gasteiger partial charge on any atom is 0.202 e. The van der Waals surface area contributed by atoms with Gasteiger partial charge in [-0.1, -0.05) is 6.07 Å². The molecule has 0 saturated carbocycles. The molecule has 9 heteroatoms. The molecule has 0 bridgehead atoms. The highest BCUT2D eigenvalue weighted by molar-refractivity contribution is 6.01. The second kappa shape index (κ2) is 9.86. The van der Waals surface area contributed by atoms with E-state index in [1.807, 2.05) is 0 Å². The van der Waals surface area contributed by atoms with Crippen LogP contribution in [0.25, 0.3) is 0 Å². The second-order valence-corrected chi connectivity index (χ2v) is 7.38. The van der Waals surface area contributed by atoms with Gasteiger partial charge in [0, 0.05) is 31.4 Å². The lowest BCUT2D eigenvalue weighted by molar-refractivity contribution is -0.184. The monoisotopic (exact) mass is 434 g/mol. The van der Waals surface area contributed by atoms with E-state index in [1.54, 1.807) is 12.1 Å². The summed E-state index contributed by atoms with van der Waals surface area (Å²) >= 11 is 0. The van der Waals surface area contributed by atoms with Crippen molar-refractivity contribution < 1.29 is 44.5 Å². The minimum atomic E-state index is -0.871. The van der Waals surface area contributed by atoms with Crippen molar-refractivity contribution in [1.82, 2.24) is 0 Å². The number of carbonyl (C=O) groups is 1. The minimum Gasteiger partial charge on any atom is -0.507 e. The fraction of sp³-hybridized carbons (Fsp3) is 0.409. The van der Waals surface area contributed by atoms with Crippen LogP contribution in [0.15, 0.2) is 30.3 Å². The van der Waals surface area contributed by atoms with Gasteiger partial charge in [0.1, 0.15) is 22.8 Å². The summed E-state index contributed by atoms with van der Waals surface area (Å²) in [5.74, 6) is -1.05.